The zero-order valence-electron chi connectivity index (χ0n) is 12.8. The van der Waals surface area contributed by atoms with E-state index in [-0.39, 0.29) is 0 Å². The van der Waals surface area contributed by atoms with E-state index in [1.807, 2.05) is 31.7 Å². The predicted molar refractivity (Wildman–Crippen MR) is 88.7 cm³/mol. The van der Waals surface area contributed by atoms with Crippen LogP contribution in [0.15, 0.2) is 52.1 Å². The number of aromatic nitrogens is 2. The minimum Gasteiger partial charge on any atom is -0.465 e. The van der Waals surface area contributed by atoms with Crippen LogP contribution in [0.5, 0.6) is 0 Å². The van der Waals surface area contributed by atoms with Crippen molar-refractivity contribution < 1.29 is 4.42 Å². The van der Waals surface area contributed by atoms with Crippen molar-refractivity contribution in [1.29, 1.82) is 0 Å². The summed E-state index contributed by atoms with van der Waals surface area (Å²) in [7, 11) is 0. The van der Waals surface area contributed by atoms with Crippen LogP contribution in [0.2, 0.25) is 0 Å². The molecule has 0 spiro atoms. The Hall–Kier alpha value is -1.85. The summed E-state index contributed by atoms with van der Waals surface area (Å²) in [5.74, 6) is 2.01. The van der Waals surface area contributed by atoms with Crippen LogP contribution >= 0.6 is 11.3 Å². The molecule has 3 aromatic heterocycles. The third-order valence-corrected chi connectivity index (χ3v) is 4.34. The summed E-state index contributed by atoms with van der Waals surface area (Å²) >= 11 is 1.75. The van der Waals surface area contributed by atoms with Crippen molar-refractivity contribution in [1.82, 2.24) is 14.5 Å². The van der Waals surface area contributed by atoms with Crippen molar-refractivity contribution in [3.8, 4) is 0 Å². The molecule has 0 aliphatic heterocycles. The molecule has 0 saturated carbocycles. The third-order valence-electron chi connectivity index (χ3n) is 3.61. The van der Waals surface area contributed by atoms with Crippen molar-refractivity contribution in [3.63, 3.8) is 0 Å². The van der Waals surface area contributed by atoms with Gasteiger partial charge in [0.15, 0.2) is 0 Å². The predicted octanol–water partition coefficient (Wildman–Crippen LogP) is 3.94. The van der Waals surface area contributed by atoms with Crippen LogP contribution in [0.4, 0.5) is 0 Å². The van der Waals surface area contributed by atoms with E-state index in [9.17, 15) is 0 Å². The highest BCUT2D eigenvalue weighted by Gasteiger charge is 2.10. The number of thiophene rings is 1. The van der Waals surface area contributed by atoms with Crippen LogP contribution in [0.3, 0.4) is 0 Å². The maximum absolute atomic E-state index is 5.73. The summed E-state index contributed by atoms with van der Waals surface area (Å²) in [6, 6.07) is 6.30. The summed E-state index contributed by atoms with van der Waals surface area (Å²) in [6.45, 7) is 5.84. The van der Waals surface area contributed by atoms with Gasteiger partial charge in [-0.2, -0.15) is 11.3 Å². The molecule has 0 fully saturated rings. The maximum atomic E-state index is 5.73. The van der Waals surface area contributed by atoms with E-state index in [0.717, 1.165) is 44.1 Å². The Labute approximate surface area is 135 Å². The molecule has 0 unspecified atom stereocenters. The Balaban J connectivity index is 1.57. The van der Waals surface area contributed by atoms with Crippen molar-refractivity contribution in [2.75, 3.05) is 6.54 Å². The van der Waals surface area contributed by atoms with Crippen LogP contribution in [0, 0.1) is 6.92 Å². The fourth-order valence-electron chi connectivity index (χ4n) is 2.54. The molecule has 116 valence electrons. The number of hydrogen-bond acceptors (Lipinski definition) is 4. The lowest BCUT2D eigenvalue weighted by Gasteiger charge is -2.21. The van der Waals surface area contributed by atoms with E-state index in [4.69, 9.17) is 4.42 Å². The van der Waals surface area contributed by atoms with Gasteiger partial charge in [0, 0.05) is 32.0 Å². The molecule has 3 heterocycles. The quantitative estimate of drug-likeness (QED) is 0.631. The molecule has 3 rings (SSSR count). The fraction of sp³-hybridized carbons (Fsp3) is 0.353. The van der Waals surface area contributed by atoms with Crippen molar-refractivity contribution in [2.45, 2.75) is 33.0 Å². The Morgan fingerprint density at radius 2 is 2.23 bits per heavy atom. The number of aryl methyl sites for hydroxylation is 2. The standard InChI is InChI=1S/C17H21N3OS/c1-15-3-4-17(21-15)12-20(11-16-5-10-22-13-16)8-2-7-19-9-6-18-14-19/h3-6,9-10,13-14H,2,7-8,11-12H2,1H3. The second-order valence-electron chi connectivity index (χ2n) is 5.51. The summed E-state index contributed by atoms with van der Waals surface area (Å²) in [5, 5.41) is 4.35. The Morgan fingerprint density at radius 3 is 2.91 bits per heavy atom. The molecule has 0 radical (unpaired) electrons. The largest absolute Gasteiger partial charge is 0.465 e. The van der Waals surface area contributed by atoms with Gasteiger partial charge in [-0.05, 0) is 47.9 Å². The van der Waals surface area contributed by atoms with E-state index < -0.39 is 0 Å². The monoisotopic (exact) mass is 315 g/mol. The van der Waals surface area contributed by atoms with E-state index in [2.05, 4.69) is 37.3 Å². The first-order valence-electron chi connectivity index (χ1n) is 7.54. The molecule has 0 aliphatic carbocycles. The average Bonchev–Trinajstić information content (AvgIpc) is 3.22. The van der Waals surface area contributed by atoms with Gasteiger partial charge in [0.05, 0.1) is 12.9 Å². The molecular weight excluding hydrogens is 294 g/mol. The van der Waals surface area contributed by atoms with Gasteiger partial charge >= 0.3 is 0 Å². The molecular formula is C17H21N3OS. The van der Waals surface area contributed by atoms with Gasteiger partial charge in [0.2, 0.25) is 0 Å². The number of hydrogen-bond donors (Lipinski definition) is 0. The second-order valence-corrected chi connectivity index (χ2v) is 6.29. The minimum atomic E-state index is 0.855. The van der Waals surface area contributed by atoms with Crippen molar-refractivity contribution in [2.24, 2.45) is 0 Å². The first-order valence-corrected chi connectivity index (χ1v) is 8.48. The lowest BCUT2D eigenvalue weighted by molar-refractivity contribution is 0.227. The SMILES string of the molecule is Cc1ccc(CN(CCCn2ccnc2)Cc2ccsc2)o1. The first kappa shape index (κ1) is 15.1. The summed E-state index contributed by atoms with van der Waals surface area (Å²) < 4.78 is 7.86. The fourth-order valence-corrected chi connectivity index (χ4v) is 3.20. The molecule has 0 aliphatic rings. The minimum absolute atomic E-state index is 0.855. The topological polar surface area (TPSA) is 34.2 Å². The highest BCUT2D eigenvalue weighted by atomic mass is 32.1. The van der Waals surface area contributed by atoms with Gasteiger partial charge in [-0.3, -0.25) is 4.90 Å². The van der Waals surface area contributed by atoms with Crippen LogP contribution < -0.4 is 0 Å². The van der Waals surface area contributed by atoms with Crippen LogP contribution in [0.25, 0.3) is 0 Å². The summed E-state index contributed by atoms with van der Waals surface area (Å²) in [4.78, 5) is 6.53. The number of imidazole rings is 1. The molecule has 22 heavy (non-hydrogen) atoms. The van der Waals surface area contributed by atoms with Crippen LogP contribution in [-0.2, 0) is 19.6 Å². The molecule has 4 nitrogen and oxygen atoms in total. The van der Waals surface area contributed by atoms with Gasteiger partial charge in [-0.15, -0.1) is 0 Å². The molecule has 0 aromatic carbocycles. The molecule has 0 bridgehead atoms. The molecule has 5 heteroatoms. The van der Waals surface area contributed by atoms with Gasteiger partial charge in [-0.1, -0.05) is 0 Å². The number of furan rings is 1. The zero-order chi connectivity index (χ0) is 15.2. The molecule has 3 aromatic rings. The zero-order valence-corrected chi connectivity index (χ0v) is 13.6. The van der Waals surface area contributed by atoms with E-state index in [0.29, 0.717) is 0 Å². The van der Waals surface area contributed by atoms with Gasteiger partial charge < -0.3 is 8.98 Å². The lowest BCUT2D eigenvalue weighted by Crippen LogP contribution is -2.24. The molecule has 0 saturated heterocycles. The third kappa shape index (κ3) is 4.32. The van der Waals surface area contributed by atoms with Crippen LogP contribution in [-0.4, -0.2) is 21.0 Å². The smallest absolute Gasteiger partial charge is 0.118 e. The van der Waals surface area contributed by atoms with Crippen LogP contribution in [0.1, 0.15) is 23.5 Å². The van der Waals surface area contributed by atoms with E-state index >= 15 is 0 Å². The van der Waals surface area contributed by atoms with Gasteiger partial charge in [-0.25, -0.2) is 4.98 Å². The first-order chi connectivity index (χ1) is 10.8. The Morgan fingerprint density at radius 1 is 1.27 bits per heavy atom. The second kappa shape index (κ2) is 7.42. The van der Waals surface area contributed by atoms with Gasteiger partial charge in [0.25, 0.3) is 0 Å². The number of rotatable bonds is 8. The summed E-state index contributed by atoms with van der Waals surface area (Å²) in [6.07, 6.45) is 6.81. The summed E-state index contributed by atoms with van der Waals surface area (Å²) in [5.41, 5.74) is 1.37. The maximum Gasteiger partial charge on any atom is 0.118 e. The number of nitrogens with zero attached hydrogens (tertiary/aromatic N) is 3. The van der Waals surface area contributed by atoms with E-state index in [1.54, 1.807) is 11.3 Å². The normalized spacial score (nSPS) is 11.4. The van der Waals surface area contributed by atoms with Crippen molar-refractivity contribution >= 4 is 11.3 Å². The lowest BCUT2D eigenvalue weighted by atomic mass is 10.2. The van der Waals surface area contributed by atoms with E-state index in [1.165, 1.54) is 5.56 Å². The molecule has 0 atom stereocenters. The molecule has 0 amide bonds. The highest BCUT2D eigenvalue weighted by molar-refractivity contribution is 7.07. The Kier molecular flexibility index (Phi) is 5.08. The highest BCUT2D eigenvalue weighted by Crippen LogP contribution is 2.15. The Bertz CT molecular complexity index is 658. The van der Waals surface area contributed by atoms with Crippen molar-refractivity contribution in [3.05, 3.63) is 64.8 Å². The average molecular weight is 315 g/mol. The molecule has 0 N–H and O–H groups in total. The van der Waals surface area contributed by atoms with Gasteiger partial charge in [0.1, 0.15) is 11.5 Å².